The van der Waals surface area contributed by atoms with Crippen molar-refractivity contribution < 1.29 is 4.79 Å². The molecule has 150 valence electrons. The van der Waals surface area contributed by atoms with Crippen LogP contribution in [0.15, 0.2) is 46.1 Å². The highest BCUT2D eigenvalue weighted by Crippen LogP contribution is 2.35. The van der Waals surface area contributed by atoms with Crippen LogP contribution in [0.2, 0.25) is 0 Å². The van der Waals surface area contributed by atoms with Gasteiger partial charge < -0.3 is 16.0 Å². The molecule has 2 heterocycles. The van der Waals surface area contributed by atoms with E-state index in [0.29, 0.717) is 5.92 Å². The number of nitrogen functional groups attached to an aromatic ring is 1. The maximum Gasteiger partial charge on any atom is 0.326 e. The number of nitrogens with zero attached hydrogens (tertiary/aromatic N) is 2. The highest BCUT2D eigenvalue weighted by atomic mass is 16.2. The fourth-order valence-corrected chi connectivity index (χ4v) is 3.93. The standard InChI is InChI=1S/C20H22N6O3/c1-26-15(8-9-22-26)12-4-2-11(3-5-12)13-6-7-14(10-13)23-19(28)17-16(21)18(27)25-20(29)24-17/h2-5,8-9,13-14H,6-7,10,21H2,1H3,(H,23,28)(H2,24,25,27,29)/t13-,14+/m1/s1. The summed E-state index contributed by atoms with van der Waals surface area (Å²) in [7, 11) is 1.91. The Balaban J connectivity index is 1.43. The summed E-state index contributed by atoms with van der Waals surface area (Å²) < 4.78 is 1.83. The Morgan fingerprint density at radius 3 is 2.62 bits per heavy atom. The van der Waals surface area contributed by atoms with Gasteiger partial charge in [-0.2, -0.15) is 5.10 Å². The van der Waals surface area contributed by atoms with Crippen LogP contribution in [-0.2, 0) is 7.05 Å². The number of hydrogen-bond acceptors (Lipinski definition) is 5. The minimum atomic E-state index is -0.767. The van der Waals surface area contributed by atoms with Crippen molar-refractivity contribution in [3.05, 3.63) is 68.6 Å². The predicted molar refractivity (Wildman–Crippen MR) is 109 cm³/mol. The Labute approximate surface area is 166 Å². The lowest BCUT2D eigenvalue weighted by Crippen LogP contribution is -2.37. The fraction of sp³-hybridized carbons (Fsp3) is 0.300. The lowest BCUT2D eigenvalue weighted by atomic mass is 9.96. The molecule has 9 nitrogen and oxygen atoms in total. The summed E-state index contributed by atoms with van der Waals surface area (Å²) in [5.41, 5.74) is 7.00. The average molecular weight is 394 g/mol. The van der Waals surface area contributed by atoms with Crippen molar-refractivity contribution in [2.45, 2.75) is 31.2 Å². The normalized spacial score (nSPS) is 18.7. The van der Waals surface area contributed by atoms with E-state index in [-0.39, 0.29) is 17.4 Å². The van der Waals surface area contributed by atoms with E-state index < -0.39 is 17.2 Å². The van der Waals surface area contributed by atoms with Crippen LogP contribution in [0.25, 0.3) is 11.3 Å². The smallest absolute Gasteiger partial charge is 0.326 e. The van der Waals surface area contributed by atoms with Gasteiger partial charge in [-0.15, -0.1) is 0 Å². The molecule has 0 bridgehead atoms. The first-order valence-electron chi connectivity index (χ1n) is 9.43. The lowest BCUT2D eigenvalue weighted by Gasteiger charge is -2.14. The first-order valence-corrected chi connectivity index (χ1v) is 9.43. The van der Waals surface area contributed by atoms with Gasteiger partial charge in [-0.3, -0.25) is 19.3 Å². The number of benzene rings is 1. The Kier molecular flexibility index (Phi) is 4.79. The summed E-state index contributed by atoms with van der Waals surface area (Å²) in [6.45, 7) is 0. The van der Waals surface area contributed by atoms with Gasteiger partial charge in [-0.1, -0.05) is 24.3 Å². The van der Waals surface area contributed by atoms with Crippen LogP contribution in [0, 0.1) is 0 Å². The zero-order valence-electron chi connectivity index (χ0n) is 15.9. The Hall–Kier alpha value is -3.62. The Bertz CT molecular complexity index is 1160. The summed E-state index contributed by atoms with van der Waals surface area (Å²) in [5, 5.41) is 7.07. The number of carbonyl (C=O) groups excluding carboxylic acids is 1. The summed E-state index contributed by atoms with van der Waals surface area (Å²) >= 11 is 0. The minimum Gasteiger partial charge on any atom is -0.392 e. The van der Waals surface area contributed by atoms with Gasteiger partial charge in [0, 0.05) is 19.3 Å². The first kappa shape index (κ1) is 18.7. The van der Waals surface area contributed by atoms with E-state index in [0.717, 1.165) is 30.5 Å². The molecule has 3 aromatic rings. The van der Waals surface area contributed by atoms with Crippen molar-refractivity contribution >= 4 is 11.6 Å². The number of anilines is 1. The summed E-state index contributed by atoms with van der Waals surface area (Å²) in [6, 6.07) is 10.3. The van der Waals surface area contributed by atoms with E-state index in [1.54, 1.807) is 6.20 Å². The molecule has 2 aromatic heterocycles. The SMILES string of the molecule is Cn1nccc1-c1ccc([C@@H]2CC[C@H](NC(=O)c3[nH]c(=O)[nH]c(=O)c3N)C2)cc1. The summed E-state index contributed by atoms with van der Waals surface area (Å²) in [6.07, 6.45) is 4.31. The second-order valence-electron chi connectivity index (χ2n) is 7.34. The average Bonchev–Trinajstić information content (AvgIpc) is 3.34. The molecule has 0 spiro atoms. The molecule has 0 radical (unpaired) electrons. The quantitative estimate of drug-likeness (QED) is 0.525. The third-order valence-corrected chi connectivity index (χ3v) is 5.47. The van der Waals surface area contributed by atoms with Crippen LogP contribution in [0.4, 0.5) is 5.69 Å². The van der Waals surface area contributed by atoms with Crippen molar-refractivity contribution in [2.24, 2.45) is 7.05 Å². The number of hydrogen-bond donors (Lipinski definition) is 4. The van der Waals surface area contributed by atoms with Crippen LogP contribution in [-0.4, -0.2) is 31.7 Å². The highest BCUT2D eigenvalue weighted by Gasteiger charge is 2.28. The molecule has 9 heteroatoms. The minimum absolute atomic E-state index is 0.0496. The zero-order chi connectivity index (χ0) is 20.5. The van der Waals surface area contributed by atoms with Gasteiger partial charge >= 0.3 is 5.69 Å². The topological polar surface area (TPSA) is 139 Å². The highest BCUT2D eigenvalue weighted by molar-refractivity contribution is 5.96. The Morgan fingerprint density at radius 2 is 1.93 bits per heavy atom. The van der Waals surface area contributed by atoms with E-state index >= 15 is 0 Å². The van der Waals surface area contributed by atoms with Crippen molar-refractivity contribution in [2.75, 3.05) is 5.73 Å². The predicted octanol–water partition coefficient (Wildman–Crippen LogP) is 1.11. The van der Waals surface area contributed by atoms with Crippen LogP contribution in [0.5, 0.6) is 0 Å². The third kappa shape index (κ3) is 3.71. The van der Waals surface area contributed by atoms with Crippen molar-refractivity contribution in [3.8, 4) is 11.3 Å². The third-order valence-electron chi connectivity index (χ3n) is 5.47. The van der Waals surface area contributed by atoms with Gasteiger partial charge in [0.25, 0.3) is 11.5 Å². The van der Waals surface area contributed by atoms with Gasteiger partial charge in [-0.25, -0.2) is 4.79 Å². The van der Waals surface area contributed by atoms with Gasteiger partial charge in [0.1, 0.15) is 11.4 Å². The Morgan fingerprint density at radius 1 is 1.17 bits per heavy atom. The molecule has 1 saturated carbocycles. The van der Waals surface area contributed by atoms with E-state index in [4.69, 9.17) is 5.73 Å². The van der Waals surface area contributed by atoms with Crippen molar-refractivity contribution in [1.29, 1.82) is 0 Å². The maximum absolute atomic E-state index is 12.5. The molecular weight excluding hydrogens is 372 g/mol. The molecule has 0 aliphatic heterocycles. The van der Waals surface area contributed by atoms with Crippen LogP contribution in [0.1, 0.15) is 41.2 Å². The molecule has 0 saturated heterocycles. The number of amides is 1. The van der Waals surface area contributed by atoms with Gasteiger partial charge in [0.05, 0.1) is 5.69 Å². The molecule has 2 atom stereocenters. The zero-order valence-corrected chi connectivity index (χ0v) is 15.9. The molecule has 1 aliphatic carbocycles. The van der Waals surface area contributed by atoms with Crippen LogP contribution in [0.3, 0.4) is 0 Å². The number of nitrogens with two attached hydrogens (primary N) is 1. The molecule has 1 aromatic carbocycles. The second-order valence-corrected chi connectivity index (χ2v) is 7.34. The number of aromatic nitrogens is 4. The summed E-state index contributed by atoms with van der Waals surface area (Å²) in [4.78, 5) is 39.8. The second kappa shape index (κ2) is 7.42. The van der Waals surface area contributed by atoms with E-state index in [1.807, 2.05) is 22.8 Å². The lowest BCUT2D eigenvalue weighted by molar-refractivity contribution is 0.0933. The number of rotatable bonds is 4. The number of H-pyrrole nitrogens is 2. The van der Waals surface area contributed by atoms with Crippen LogP contribution >= 0.6 is 0 Å². The maximum atomic E-state index is 12.5. The monoisotopic (exact) mass is 394 g/mol. The largest absolute Gasteiger partial charge is 0.392 e. The van der Waals surface area contributed by atoms with Gasteiger partial charge in [0.15, 0.2) is 0 Å². The molecule has 1 amide bonds. The first-order chi connectivity index (χ1) is 13.9. The number of nitrogens with one attached hydrogen (secondary N) is 3. The molecule has 29 heavy (non-hydrogen) atoms. The number of carbonyl (C=O) groups is 1. The van der Waals surface area contributed by atoms with Crippen LogP contribution < -0.4 is 22.3 Å². The summed E-state index contributed by atoms with van der Waals surface area (Å²) in [5.74, 6) is -0.209. The number of aromatic amines is 2. The molecule has 4 rings (SSSR count). The fourth-order valence-electron chi connectivity index (χ4n) is 3.93. The van der Waals surface area contributed by atoms with Crippen molar-refractivity contribution in [1.82, 2.24) is 25.1 Å². The van der Waals surface area contributed by atoms with Gasteiger partial charge in [-0.05, 0) is 42.4 Å². The molecule has 0 unspecified atom stereocenters. The van der Waals surface area contributed by atoms with E-state index in [9.17, 15) is 14.4 Å². The molecular formula is C20H22N6O3. The molecule has 1 fully saturated rings. The molecule has 5 N–H and O–H groups in total. The van der Waals surface area contributed by atoms with Gasteiger partial charge in [0.2, 0.25) is 0 Å². The number of aryl methyl sites for hydroxylation is 1. The molecule has 1 aliphatic rings. The van der Waals surface area contributed by atoms with E-state index in [1.165, 1.54) is 5.56 Å². The van der Waals surface area contributed by atoms with E-state index in [2.05, 4.69) is 39.7 Å². The van der Waals surface area contributed by atoms with Crippen molar-refractivity contribution in [3.63, 3.8) is 0 Å².